The van der Waals surface area contributed by atoms with Gasteiger partial charge in [0.25, 0.3) is 0 Å². The fraction of sp³-hybridized carbons (Fsp3) is 0.500. The van der Waals surface area contributed by atoms with E-state index in [-0.39, 0.29) is 4.70 Å². The zero-order valence-electron chi connectivity index (χ0n) is 10.8. The Kier molecular flexibility index (Phi) is 4.67. The highest BCUT2D eigenvalue weighted by Crippen LogP contribution is 2.15. The number of halogens is 1. The van der Waals surface area contributed by atoms with Gasteiger partial charge in [0.15, 0.2) is 0 Å². The van der Waals surface area contributed by atoms with E-state index < -0.39 is 0 Å². The van der Waals surface area contributed by atoms with Gasteiger partial charge in [-0.25, -0.2) is 4.98 Å². The number of benzene rings is 1. The number of fused-ring (bicyclic) bond motifs is 1. The molecule has 0 fully saturated rings. The van der Waals surface area contributed by atoms with Crippen molar-refractivity contribution in [1.29, 1.82) is 0 Å². The van der Waals surface area contributed by atoms with Crippen molar-refractivity contribution in [2.75, 3.05) is 0 Å². The summed E-state index contributed by atoms with van der Waals surface area (Å²) in [5.41, 5.74) is 3.65. The molecule has 2 aromatic rings. The molecular weight excluding hydrogens is 215 g/mol. The normalized spacial score (nSPS) is 10.8. The zero-order valence-corrected chi connectivity index (χ0v) is 10.8. The summed E-state index contributed by atoms with van der Waals surface area (Å²) in [4.78, 5) is 4.44. The maximum Gasteiger partial charge on any atom is 0.0958 e. The molecule has 3 heteroatoms. The summed E-state index contributed by atoms with van der Waals surface area (Å²) in [6.07, 6.45) is 4.48. The summed E-state index contributed by atoms with van der Waals surface area (Å²) in [6.45, 7) is 7.74. The highest BCUT2D eigenvalue weighted by Gasteiger charge is 2.02. The van der Waals surface area contributed by atoms with E-state index in [1.165, 1.54) is 23.9 Å². The van der Waals surface area contributed by atoms with Gasteiger partial charge in [-0.2, -0.15) is 0 Å². The Balaban J connectivity index is 0.00000144. The first-order valence-electron chi connectivity index (χ1n) is 6.08. The lowest BCUT2D eigenvalue weighted by molar-refractivity contribution is 0.516. The lowest BCUT2D eigenvalue weighted by atomic mass is 10.1. The lowest BCUT2D eigenvalue weighted by Gasteiger charge is -2.06. The minimum atomic E-state index is 0. The molecule has 0 unspecified atom stereocenters. The van der Waals surface area contributed by atoms with Crippen LogP contribution in [-0.4, -0.2) is 9.55 Å². The fourth-order valence-corrected chi connectivity index (χ4v) is 2.02. The molecule has 0 bridgehead atoms. The molecule has 0 radical (unpaired) electrons. The monoisotopic (exact) mass is 236 g/mol. The third kappa shape index (κ3) is 3.29. The van der Waals surface area contributed by atoms with Gasteiger partial charge in [0.2, 0.25) is 0 Å². The van der Waals surface area contributed by atoms with Gasteiger partial charge in [-0.05, 0) is 43.4 Å². The summed E-state index contributed by atoms with van der Waals surface area (Å²) in [7, 11) is 0. The van der Waals surface area contributed by atoms with Crippen molar-refractivity contribution in [1.82, 2.24) is 9.55 Å². The van der Waals surface area contributed by atoms with Crippen LogP contribution in [0.1, 0.15) is 32.3 Å². The highest BCUT2D eigenvalue weighted by atomic mass is 19.0. The molecule has 2 nitrogen and oxygen atoms in total. The molecule has 0 N–H and O–H groups in total. The molecule has 0 amide bonds. The van der Waals surface area contributed by atoms with E-state index >= 15 is 0 Å². The summed E-state index contributed by atoms with van der Waals surface area (Å²) >= 11 is 0. The molecule has 0 saturated heterocycles. The Morgan fingerprint density at radius 3 is 2.76 bits per heavy atom. The summed E-state index contributed by atoms with van der Waals surface area (Å²) in [6, 6.07) is 6.48. The molecule has 17 heavy (non-hydrogen) atoms. The molecule has 94 valence electrons. The van der Waals surface area contributed by atoms with Crippen LogP contribution in [0.2, 0.25) is 0 Å². The maximum atomic E-state index is 4.44. The van der Waals surface area contributed by atoms with Crippen molar-refractivity contribution < 1.29 is 4.70 Å². The molecule has 0 spiro atoms. The van der Waals surface area contributed by atoms with E-state index in [9.17, 15) is 0 Å². The summed E-state index contributed by atoms with van der Waals surface area (Å²) in [5, 5.41) is 0. The van der Waals surface area contributed by atoms with Gasteiger partial charge in [-0.1, -0.05) is 19.9 Å². The standard InChI is InChI=1S/C14H20N2.FH/c1-11(2)5-4-8-16-10-15-13-9-12(3)6-7-14(13)16;/h6-7,9-11H,4-5,8H2,1-3H3;1H. The van der Waals surface area contributed by atoms with E-state index in [0.29, 0.717) is 0 Å². The van der Waals surface area contributed by atoms with Crippen LogP contribution in [-0.2, 0) is 6.54 Å². The van der Waals surface area contributed by atoms with Gasteiger partial charge in [0.1, 0.15) is 0 Å². The van der Waals surface area contributed by atoms with Crippen LogP contribution >= 0.6 is 0 Å². The average molecular weight is 236 g/mol. The molecule has 1 aromatic carbocycles. The van der Waals surface area contributed by atoms with Crippen LogP contribution in [0, 0.1) is 12.8 Å². The summed E-state index contributed by atoms with van der Waals surface area (Å²) in [5.74, 6) is 0.789. The second-order valence-corrected chi connectivity index (χ2v) is 4.97. The largest absolute Gasteiger partial charge is 0.331 e. The molecule has 1 heterocycles. The zero-order chi connectivity index (χ0) is 11.5. The molecule has 1 aromatic heterocycles. The van der Waals surface area contributed by atoms with Crippen molar-refractivity contribution in [3.8, 4) is 0 Å². The topological polar surface area (TPSA) is 17.8 Å². The third-order valence-electron chi connectivity index (χ3n) is 2.96. The number of aromatic nitrogens is 2. The van der Waals surface area contributed by atoms with Crippen LogP contribution in [0.5, 0.6) is 0 Å². The number of rotatable bonds is 4. The predicted octanol–water partition coefficient (Wildman–Crippen LogP) is 3.93. The van der Waals surface area contributed by atoms with Crippen molar-refractivity contribution in [3.63, 3.8) is 0 Å². The first-order valence-corrected chi connectivity index (χ1v) is 6.08. The molecule has 0 aliphatic rings. The Labute approximate surface area is 102 Å². The minimum Gasteiger partial charge on any atom is -0.331 e. The van der Waals surface area contributed by atoms with E-state index in [4.69, 9.17) is 0 Å². The van der Waals surface area contributed by atoms with Crippen molar-refractivity contribution in [3.05, 3.63) is 30.1 Å². The number of hydrogen-bond donors (Lipinski definition) is 0. The molecule has 0 aliphatic heterocycles. The fourth-order valence-electron chi connectivity index (χ4n) is 2.02. The predicted molar refractivity (Wildman–Crippen MR) is 71.0 cm³/mol. The van der Waals surface area contributed by atoms with E-state index in [1.807, 2.05) is 6.33 Å². The van der Waals surface area contributed by atoms with Crippen LogP contribution in [0.4, 0.5) is 4.70 Å². The van der Waals surface area contributed by atoms with Crippen LogP contribution in [0.3, 0.4) is 0 Å². The molecule has 0 aliphatic carbocycles. The van der Waals surface area contributed by atoms with E-state index in [0.717, 1.165) is 18.0 Å². The van der Waals surface area contributed by atoms with Crippen LogP contribution in [0.15, 0.2) is 24.5 Å². The van der Waals surface area contributed by atoms with Gasteiger partial charge in [-0.15, -0.1) is 0 Å². The van der Waals surface area contributed by atoms with Crippen LogP contribution in [0.25, 0.3) is 11.0 Å². The van der Waals surface area contributed by atoms with Crippen molar-refractivity contribution in [2.24, 2.45) is 5.92 Å². The third-order valence-corrected chi connectivity index (χ3v) is 2.96. The van der Waals surface area contributed by atoms with Crippen molar-refractivity contribution in [2.45, 2.75) is 40.2 Å². The number of aryl methyl sites for hydroxylation is 2. The van der Waals surface area contributed by atoms with Gasteiger partial charge >= 0.3 is 0 Å². The summed E-state index contributed by atoms with van der Waals surface area (Å²) < 4.78 is 2.26. The van der Waals surface area contributed by atoms with Crippen LogP contribution < -0.4 is 0 Å². The molecule has 0 atom stereocenters. The highest BCUT2D eigenvalue weighted by molar-refractivity contribution is 5.75. The van der Waals surface area contributed by atoms with E-state index in [2.05, 4.69) is 48.5 Å². The molecular formula is C14H21FN2. The van der Waals surface area contributed by atoms with Gasteiger partial charge in [0, 0.05) is 6.54 Å². The van der Waals surface area contributed by atoms with Crippen molar-refractivity contribution >= 4 is 11.0 Å². The molecule has 0 saturated carbocycles. The van der Waals surface area contributed by atoms with Gasteiger partial charge in [-0.3, -0.25) is 4.70 Å². The Hall–Kier alpha value is -1.38. The Bertz CT molecular complexity index is 474. The smallest absolute Gasteiger partial charge is 0.0958 e. The average Bonchev–Trinajstić information content (AvgIpc) is 2.60. The quantitative estimate of drug-likeness (QED) is 0.786. The maximum absolute atomic E-state index is 4.44. The molecule has 2 rings (SSSR count). The minimum absolute atomic E-state index is 0. The first kappa shape index (κ1) is 13.7. The van der Waals surface area contributed by atoms with E-state index in [1.54, 1.807) is 0 Å². The number of hydrogen-bond acceptors (Lipinski definition) is 1. The Morgan fingerprint density at radius 1 is 1.29 bits per heavy atom. The number of imidazole rings is 1. The second-order valence-electron chi connectivity index (χ2n) is 4.97. The Morgan fingerprint density at radius 2 is 2.06 bits per heavy atom. The van der Waals surface area contributed by atoms with Gasteiger partial charge < -0.3 is 4.57 Å². The SMILES string of the molecule is Cc1ccc2c(c1)ncn2CCCC(C)C.F. The first-order chi connectivity index (χ1) is 7.66. The van der Waals surface area contributed by atoms with Gasteiger partial charge in [0.05, 0.1) is 17.4 Å². The number of nitrogens with zero attached hydrogens (tertiary/aromatic N) is 2. The lowest BCUT2D eigenvalue weighted by Crippen LogP contribution is -1.98. The second kappa shape index (κ2) is 5.80.